The molecule has 0 aliphatic rings. The number of hydrogen-bond acceptors (Lipinski definition) is 7. The largest absolute Gasteiger partial charge is 0.476 e. The van der Waals surface area contributed by atoms with Crippen LogP contribution in [0.2, 0.25) is 0 Å². The van der Waals surface area contributed by atoms with E-state index in [1.807, 2.05) is 7.05 Å². The summed E-state index contributed by atoms with van der Waals surface area (Å²) in [5.74, 6) is 0.618. The molecule has 0 atom stereocenters. The average molecular weight is 545 g/mol. The number of ether oxygens (including phenoxy) is 2. The lowest BCUT2D eigenvalue weighted by molar-refractivity contribution is -0.140. The van der Waals surface area contributed by atoms with Crippen molar-refractivity contribution in [2.75, 3.05) is 19.0 Å². The van der Waals surface area contributed by atoms with Crippen molar-refractivity contribution in [1.29, 1.82) is 0 Å². The fourth-order valence-electron chi connectivity index (χ4n) is 3.98. The summed E-state index contributed by atoms with van der Waals surface area (Å²) in [6.45, 7) is 5.42. The molecule has 8 heteroatoms. The Labute approximate surface area is 233 Å². The second-order valence-electron chi connectivity index (χ2n) is 9.60. The molecule has 0 saturated carbocycles. The number of rotatable bonds is 22. The number of hydrogen-bond donors (Lipinski definition) is 0. The molecule has 212 valence electrons. The lowest BCUT2D eigenvalue weighted by Gasteiger charge is -2.06. The van der Waals surface area contributed by atoms with Crippen LogP contribution in [0.25, 0.3) is 11.0 Å². The van der Waals surface area contributed by atoms with Crippen molar-refractivity contribution in [3.05, 3.63) is 30.6 Å². The van der Waals surface area contributed by atoms with Crippen LogP contribution in [-0.4, -0.2) is 44.7 Å². The van der Waals surface area contributed by atoms with E-state index in [2.05, 4.69) is 53.2 Å². The smallest absolute Gasteiger partial charge is 0.316 e. The molecule has 2 aromatic rings. The molecule has 0 aliphatic heterocycles. The maximum Gasteiger partial charge on any atom is 0.316 e. The van der Waals surface area contributed by atoms with Gasteiger partial charge in [0.25, 0.3) is 0 Å². The van der Waals surface area contributed by atoms with E-state index in [9.17, 15) is 4.79 Å². The van der Waals surface area contributed by atoms with Gasteiger partial charge in [-0.3, -0.25) is 4.79 Å². The lowest BCUT2D eigenvalue weighted by Crippen LogP contribution is -2.08. The van der Waals surface area contributed by atoms with Crippen molar-refractivity contribution in [2.45, 2.75) is 109 Å². The first-order chi connectivity index (χ1) is 18.7. The molecule has 2 heterocycles. The number of nitrogens with zero attached hydrogens (tertiary/aromatic N) is 4. The molecule has 0 N–H and O–H groups in total. The van der Waals surface area contributed by atoms with Crippen LogP contribution >= 0.6 is 11.8 Å². The van der Waals surface area contributed by atoms with E-state index in [0.29, 0.717) is 35.2 Å². The van der Waals surface area contributed by atoms with Gasteiger partial charge in [-0.1, -0.05) is 94.9 Å². The van der Waals surface area contributed by atoms with Gasteiger partial charge in [0.2, 0.25) is 5.88 Å². The Morgan fingerprint density at radius 3 is 2.26 bits per heavy atom. The van der Waals surface area contributed by atoms with E-state index in [0.717, 1.165) is 32.1 Å². The molecule has 7 nitrogen and oxygen atoms in total. The summed E-state index contributed by atoms with van der Waals surface area (Å²) >= 11 is 1.32. The van der Waals surface area contributed by atoms with Crippen LogP contribution in [0.4, 0.5) is 0 Å². The summed E-state index contributed by atoms with van der Waals surface area (Å²) in [5, 5.41) is 5.21. The number of unbranched alkanes of at least 4 members (excludes halogenated alkanes) is 10. The highest BCUT2D eigenvalue weighted by molar-refractivity contribution is 8.00. The van der Waals surface area contributed by atoms with Crippen LogP contribution in [0.1, 0.15) is 104 Å². The van der Waals surface area contributed by atoms with Crippen molar-refractivity contribution in [2.24, 2.45) is 7.05 Å². The number of aryl methyl sites for hydroxylation is 1. The first-order valence-electron chi connectivity index (χ1n) is 14.6. The number of esters is 1. The van der Waals surface area contributed by atoms with Gasteiger partial charge < -0.3 is 9.47 Å². The zero-order valence-electron chi connectivity index (χ0n) is 23.8. The molecule has 0 saturated heterocycles. The molecule has 38 heavy (non-hydrogen) atoms. The molecule has 2 aromatic heterocycles. The molecular formula is C30H48N4O3S. The molecular weight excluding hydrogens is 496 g/mol. The maximum atomic E-state index is 11.9. The Hall–Kier alpha value is -2.35. The lowest BCUT2D eigenvalue weighted by atomic mass is 10.1. The van der Waals surface area contributed by atoms with Crippen LogP contribution in [0, 0.1) is 0 Å². The van der Waals surface area contributed by atoms with Gasteiger partial charge in [0, 0.05) is 7.05 Å². The van der Waals surface area contributed by atoms with Gasteiger partial charge in [-0.15, -0.1) is 0 Å². The number of fused-ring (bicyclic) bond motifs is 1. The van der Waals surface area contributed by atoms with Crippen molar-refractivity contribution in [1.82, 2.24) is 19.7 Å². The minimum absolute atomic E-state index is 0.204. The van der Waals surface area contributed by atoms with E-state index >= 15 is 0 Å². The van der Waals surface area contributed by atoms with Gasteiger partial charge in [0.15, 0.2) is 5.52 Å². The maximum absolute atomic E-state index is 11.9. The number of thioether (sulfide) groups is 1. The van der Waals surface area contributed by atoms with E-state index < -0.39 is 0 Å². The number of carbonyl (C=O) groups is 1. The van der Waals surface area contributed by atoms with Crippen LogP contribution in [-0.2, 0) is 16.6 Å². The summed E-state index contributed by atoms with van der Waals surface area (Å²) in [6.07, 6.45) is 27.3. The topological polar surface area (TPSA) is 79.1 Å². The van der Waals surface area contributed by atoms with Crippen LogP contribution < -0.4 is 4.74 Å². The Morgan fingerprint density at radius 2 is 1.53 bits per heavy atom. The number of aromatic nitrogens is 4. The highest BCUT2D eigenvalue weighted by Gasteiger charge is 2.17. The molecule has 2 rings (SSSR count). The van der Waals surface area contributed by atoms with Crippen LogP contribution in [0.5, 0.6) is 5.88 Å². The van der Waals surface area contributed by atoms with Crippen LogP contribution in [0.3, 0.4) is 0 Å². The fourth-order valence-corrected chi connectivity index (χ4v) is 4.72. The van der Waals surface area contributed by atoms with Gasteiger partial charge in [-0.05, 0) is 44.9 Å². The molecule has 0 fully saturated rings. The third-order valence-corrected chi connectivity index (χ3v) is 7.16. The van der Waals surface area contributed by atoms with Gasteiger partial charge in [0.05, 0.1) is 19.0 Å². The minimum Gasteiger partial charge on any atom is -0.476 e. The Morgan fingerprint density at radius 1 is 0.842 bits per heavy atom. The van der Waals surface area contributed by atoms with E-state index in [-0.39, 0.29) is 11.7 Å². The third-order valence-electron chi connectivity index (χ3n) is 6.21. The molecule has 0 bridgehead atoms. The predicted octanol–water partition coefficient (Wildman–Crippen LogP) is 7.99. The fraction of sp³-hybridized carbons (Fsp3) is 0.667. The highest BCUT2D eigenvalue weighted by Crippen LogP contribution is 2.29. The van der Waals surface area contributed by atoms with Gasteiger partial charge in [0.1, 0.15) is 16.9 Å². The first kappa shape index (κ1) is 31.9. The van der Waals surface area contributed by atoms with Gasteiger partial charge >= 0.3 is 5.97 Å². The number of allylic oxidation sites excluding steroid dienone is 4. The van der Waals surface area contributed by atoms with E-state index in [1.54, 1.807) is 4.68 Å². The SMILES string of the molecule is CCCCC/C=C\C/C=C\CCCCCCCCOc1c2ncnc(SCC(=O)OCCCC)c2nn1C. The Kier molecular flexibility index (Phi) is 17.3. The normalized spacial score (nSPS) is 11.8. The van der Waals surface area contributed by atoms with E-state index in [1.165, 1.54) is 75.9 Å². The van der Waals surface area contributed by atoms with E-state index in [4.69, 9.17) is 9.47 Å². The minimum atomic E-state index is -0.236. The first-order valence-corrected chi connectivity index (χ1v) is 15.5. The standard InChI is InChI=1S/C30H48N4O3S/c1-4-6-8-9-10-11-12-13-14-15-16-17-18-19-20-21-23-37-30-28-27(33-34(30)3)29(32-25-31-28)38-24-26(35)36-22-7-5-2/h10-11,13-14,25H,4-9,12,15-24H2,1-3H3/b11-10-,14-13-. The summed E-state index contributed by atoms with van der Waals surface area (Å²) in [5.41, 5.74) is 1.35. The number of carbonyl (C=O) groups excluding carboxylic acids is 1. The summed E-state index contributed by atoms with van der Waals surface area (Å²) in [6, 6.07) is 0. The predicted molar refractivity (Wildman–Crippen MR) is 158 cm³/mol. The van der Waals surface area contributed by atoms with Crippen molar-refractivity contribution in [3.63, 3.8) is 0 Å². The second kappa shape index (κ2) is 20.6. The average Bonchev–Trinajstić information content (AvgIpc) is 3.24. The Bertz CT molecular complexity index is 974. The monoisotopic (exact) mass is 544 g/mol. The van der Waals surface area contributed by atoms with Gasteiger partial charge in [-0.2, -0.15) is 5.10 Å². The summed E-state index contributed by atoms with van der Waals surface area (Å²) in [4.78, 5) is 20.6. The van der Waals surface area contributed by atoms with Crippen molar-refractivity contribution in [3.8, 4) is 5.88 Å². The third kappa shape index (κ3) is 12.9. The van der Waals surface area contributed by atoms with Crippen molar-refractivity contribution < 1.29 is 14.3 Å². The molecule has 0 aliphatic carbocycles. The molecule has 0 aromatic carbocycles. The van der Waals surface area contributed by atoms with Crippen molar-refractivity contribution >= 4 is 28.8 Å². The summed E-state index contributed by atoms with van der Waals surface area (Å²) in [7, 11) is 1.85. The second-order valence-corrected chi connectivity index (χ2v) is 10.6. The molecule has 0 unspecified atom stereocenters. The molecule has 0 radical (unpaired) electrons. The zero-order valence-corrected chi connectivity index (χ0v) is 24.6. The van der Waals surface area contributed by atoms with Gasteiger partial charge in [-0.25, -0.2) is 14.6 Å². The molecule has 0 spiro atoms. The molecule has 0 amide bonds. The quantitative estimate of drug-likeness (QED) is 0.0488. The highest BCUT2D eigenvalue weighted by atomic mass is 32.2. The van der Waals surface area contributed by atoms with Crippen LogP contribution in [0.15, 0.2) is 35.7 Å². The summed E-state index contributed by atoms with van der Waals surface area (Å²) < 4.78 is 13.0. The zero-order chi connectivity index (χ0) is 27.3. The Balaban J connectivity index is 1.59.